The Balaban J connectivity index is 2.36. The molecule has 78 valence electrons. The molecule has 0 saturated heterocycles. The molecular weight excluding hydrogens is 208 g/mol. The number of rotatable bonds is 2. The minimum atomic E-state index is 0.0983. The second kappa shape index (κ2) is 4.19. The zero-order valence-corrected chi connectivity index (χ0v) is 9.47. The number of hydrogen-bond acceptors (Lipinski definition) is 1. The fourth-order valence-electron chi connectivity index (χ4n) is 1.86. The number of carbonyl (C=O) groups is 1. The summed E-state index contributed by atoms with van der Waals surface area (Å²) in [5, 5.41) is 0.554. The molecule has 1 aliphatic carbocycles. The van der Waals surface area contributed by atoms with Crippen molar-refractivity contribution in [3.05, 3.63) is 46.0 Å². The van der Waals surface area contributed by atoms with Gasteiger partial charge in [0.05, 0.1) is 5.02 Å². The summed E-state index contributed by atoms with van der Waals surface area (Å²) < 4.78 is 0. The van der Waals surface area contributed by atoms with Crippen molar-refractivity contribution in [2.24, 2.45) is 0 Å². The third kappa shape index (κ3) is 2.13. The second-order valence-corrected chi connectivity index (χ2v) is 4.34. The molecule has 0 aromatic heterocycles. The highest BCUT2D eigenvalue weighted by Gasteiger charge is 2.17. The van der Waals surface area contributed by atoms with Crippen LogP contribution in [0.25, 0.3) is 0 Å². The van der Waals surface area contributed by atoms with Crippen molar-refractivity contribution in [2.75, 3.05) is 0 Å². The molecule has 0 fully saturated rings. The molecule has 0 amide bonds. The molecule has 0 unspecified atom stereocenters. The molecule has 1 aromatic rings. The van der Waals surface area contributed by atoms with Gasteiger partial charge in [-0.15, -0.1) is 0 Å². The first-order valence-electron chi connectivity index (χ1n) is 5.18. The van der Waals surface area contributed by atoms with Crippen LogP contribution in [0.15, 0.2) is 29.8 Å². The lowest BCUT2D eigenvalue weighted by molar-refractivity contribution is 0.103. The van der Waals surface area contributed by atoms with Gasteiger partial charge in [0.25, 0.3) is 0 Å². The number of Topliss-reactive ketones (excluding diaryl/α,β-unsaturated/α-hetero) is 1. The first-order chi connectivity index (χ1) is 7.18. The van der Waals surface area contributed by atoms with Gasteiger partial charge < -0.3 is 0 Å². The molecule has 0 radical (unpaired) electrons. The maximum Gasteiger partial charge on any atom is 0.190 e. The van der Waals surface area contributed by atoms with Crippen LogP contribution in [0, 0.1) is 6.92 Å². The van der Waals surface area contributed by atoms with Gasteiger partial charge in [-0.25, -0.2) is 0 Å². The molecule has 0 N–H and O–H groups in total. The SMILES string of the molecule is Cc1ccc(Cl)c(C(=O)C2=CCCC2)c1. The van der Waals surface area contributed by atoms with Crippen molar-refractivity contribution in [2.45, 2.75) is 26.2 Å². The largest absolute Gasteiger partial charge is 0.289 e. The molecule has 0 spiro atoms. The summed E-state index contributed by atoms with van der Waals surface area (Å²) in [5.74, 6) is 0.0983. The first kappa shape index (κ1) is 10.4. The lowest BCUT2D eigenvalue weighted by Gasteiger charge is -2.05. The van der Waals surface area contributed by atoms with Gasteiger partial charge in [-0.05, 0) is 43.9 Å². The Hall–Kier alpha value is -1.08. The fourth-order valence-corrected chi connectivity index (χ4v) is 2.07. The summed E-state index contributed by atoms with van der Waals surface area (Å²) in [6.07, 6.45) is 5.03. The van der Waals surface area contributed by atoms with Crippen molar-refractivity contribution >= 4 is 17.4 Å². The maximum absolute atomic E-state index is 12.1. The van der Waals surface area contributed by atoms with Gasteiger partial charge in [-0.3, -0.25) is 4.79 Å². The van der Waals surface area contributed by atoms with E-state index < -0.39 is 0 Å². The van der Waals surface area contributed by atoms with E-state index in [-0.39, 0.29) is 5.78 Å². The van der Waals surface area contributed by atoms with E-state index in [9.17, 15) is 4.79 Å². The molecule has 0 atom stereocenters. The minimum Gasteiger partial charge on any atom is -0.289 e. The highest BCUT2D eigenvalue weighted by molar-refractivity contribution is 6.35. The van der Waals surface area contributed by atoms with E-state index in [4.69, 9.17) is 11.6 Å². The molecule has 0 aliphatic heterocycles. The summed E-state index contributed by atoms with van der Waals surface area (Å²) in [4.78, 5) is 12.1. The van der Waals surface area contributed by atoms with Crippen LogP contribution < -0.4 is 0 Å². The molecule has 1 aliphatic rings. The van der Waals surface area contributed by atoms with Gasteiger partial charge in [0.1, 0.15) is 0 Å². The van der Waals surface area contributed by atoms with Crippen LogP contribution in [-0.4, -0.2) is 5.78 Å². The number of allylic oxidation sites excluding steroid dienone is 2. The monoisotopic (exact) mass is 220 g/mol. The highest BCUT2D eigenvalue weighted by Crippen LogP contribution is 2.26. The molecule has 1 nitrogen and oxygen atoms in total. The molecule has 2 heteroatoms. The van der Waals surface area contributed by atoms with Gasteiger partial charge >= 0.3 is 0 Å². The van der Waals surface area contributed by atoms with Crippen LogP contribution in [0.3, 0.4) is 0 Å². The van der Waals surface area contributed by atoms with Gasteiger partial charge in [-0.2, -0.15) is 0 Å². The Morgan fingerprint density at radius 2 is 2.20 bits per heavy atom. The van der Waals surface area contributed by atoms with Crippen molar-refractivity contribution in [3.63, 3.8) is 0 Å². The molecule has 15 heavy (non-hydrogen) atoms. The summed E-state index contributed by atoms with van der Waals surface area (Å²) >= 11 is 6.02. The Labute approximate surface area is 94.8 Å². The fraction of sp³-hybridized carbons (Fsp3) is 0.308. The Morgan fingerprint density at radius 3 is 2.87 bits per heavy atom. The van der Waals surface area contributed by atoms with E-state index in [2.05, 4.69) is 0 Å². The van der Waals surface area contributed by atoms with Crippen molar-refractivity contribution < 1.29 is 4.79 Å². The van der Waals surface area contributed by atoms with Gasteiger partial charge in [0, 0.05) is 5.56 Å². The van der Waals surface area contributed by atoms with Gasteiger partial charge in [0.2, 0.25) is 0 Å². The van der Waals surface area contributed by atoms with Crippen LogP contribution in [0.4, 0.5) is 0 Å². The van der Waals surface area contributed by atoms with Gasteiger partial charge in [0.15, 0.2) is 5.78 Å². The van der Waals surface area contributed by atoms with Crippen LogP contribution in [0.1, 0.15) is 35.2 Å². The third-order valence-electron chi connectivity index (χ3n) is 2.70. The van der Waals surface area contributed by atoms with Crippen LogP contribution in [0.5, 0.6) is 0 Å². The van der Waals surface area contributed by atoms with Crippen molar-refractivity contribution in [1.82, 2.24) is 0 Å². The summed E-state index contributed by atoms with van der Waals surface area (Å²) in [5.41, 5.74) is 2.63. The lowest BCUT2D eigenvalue weighted by atomic mass is 10.0. The van der Waals surface area contributed by atoms with E-state index >= 15 is 0 Å². The highest BCUT2D eigenvalue weighted by atomic mass is 35.5. The van der Waals surface area contributed by atoms with E-state index in [1.165, 1.54) is 0 Å². The molecule has 0 heterocycles. The number of carbonyl (C=O) groups excluding carboxylic acids is 1. The maximum atomic E-state index is 12.1. The molecular formula is C13H13ClO. The van der Waals surface area contributed by atoms with Crippen LogP contribution >= 0.6 is 11.6 Å². The van der Waals surface area contributed by atoms with Crippen molar-refractivity contribution in [1.29, 1.82) is 0 Å². The topological polar surface area (TPSA) is 17.1 Å². The Kier molecular flexibility index (Phi) is 2.92. The van der Waals surface area contributed by atoms with E-state index in [0.29, 0.717) is 10.6 Å². The minimum absolute atomic E-state index is 0.0983. The first-order valence-corrected chi connectivity index (χ1v) is 5.56. The second-order valence-electron chi connectivity index (χ2n) is 3.93. The average molecular weight is 221 g/mol. The number of ketones is 1. The Bertz CT molecular complexity index is 432. The normalized spacial score (nSPS) is 15.2. The number of halogens is 1. The predicted molar refractivity (Wildman–Crippen MR) is 62.5 cm³/mol. The zero-order valence-electron chi connectivity index (χ0n) is 8.72. The van der Waals surface area contributed by atoms with Crippen molar-refractivity contribution in [3.8, 4) is 0 Å². The van der Waals surface area contributed by atoms with E-state index in [1.54, 1.807) is 6.07 Å². The lowest BCUT2D eigenvalue weighted by Crippen LogP contribution is -2.02. The predicted octanol–water partition coefficient (Wildman–Crippen LogP) is 3.94. The summed E-state index contributed by atoms with van der Waals surface area (Å²) in [7, 11) is 0. The molecule has 2 rings (SSSR count). The van der Waals surface area contributed by atoms with E-state index in [0.717, 1.165) is 30.4 Å². The Morgan fingerprint density at radius 1 is 1.40 bits per heavy atom. The quantitative estimate of drug-likeness (QED) is 0.690. The third-order valence-corrected chi connectivity index (χ3v) is 3.03. The number of hydrogen-bond donors (Lipinski definition) is 0. The molecule has 1 aromatic carbocycles. The summed E-state index contributed by atoms with van der Waals surface area (Å²) in [6.45, 7) is 1.97. The number of benzene rings is 1. The average Bonchev–Trinajstić information content (AvgIpc) is 2.74. The van der Waals surface area contributed by atoms with Gasteiger partial charge in [-0.1, -0.05) is 29.3 Å². The standard InChI is InChI=1S/C13H13ClO/c1-9-6-7-12(14)11(8-9)13(15)10-4-2-3-5-10/h4,6-8H,2-3,5H2,1H3. The van der Waals surface area contributed by atoms with Crippen LogP contribution in [0.2, 0.25) is 5.02 Å². The van der Waals surface area contributed by atoms with E-state index in [1.807, 2.05) is 25.1 Å². The molecule has 0 bridgehead atoms. The zero-order chi connectivity index (χ0) is 10.8. The summed E-state index contributed by atoms with van der Waals surface area (Å²) in [6, 6.07) is 5.58. The smallest absolute Gasteiger partial charge is 0.190 e. The van der Waals surface area contributed by atoms with Crippen LogP contribution in [-0.2, 0) is 0 Å². The molecule has 0 saturated carbocycles. The number of aryl methyl sites for hydroxylation is 1.